The van der Waals surface area contributed by atoms with Crippen molar-refractivity contribution in [2.45, 2.75) is 13.0 Å². The lowest BCUT2D eigenvalue weighted by Crippen LogP contribution is -2.22. The van der Waals surface area contributed by atoms with Gasteiger partial charge in [-0.25, -0.2) is 4.39 Å². The summed E-state index contributed by atoms with van der Waals surface area (Å²) in [6, 6.07) is 5.51. The average Bonchev–Trinajstić information content (AvgIpc) is 2.61. The highest BCUT2D eigenvalue weighted by molar-refractivity contribution is 9.10. The van der Waals surface area contributed by atoms with Crippen molar-refractivity contribution in [1.29, 1.82) is 0 Å². The van der Waals surface area contributed by atoms with Crippen LogP contribution in [0.15, 0.2) is 39.9 Å². The van der Waals surface area contributed by atoms with Gasteiger partial charge in [-0.1, -0.05) is 11.6 Å². The van der Waals surface area contributed by atoms with Gasteiger partial charge in [0.2, 0.25) is 5.91 Å². The van der Waals surface area contributed by atoms with Gasteiger partial charge in [0.1, 0.15) is 11.7 Å². The Bertz CT molecular complexity index is 809. The van der Waals surface area contributed by atoms with Crippen molar-refractivity contribution < 1.29 is 9.18 Å². The van der Waals surface area contributed by atoms with Crippen LogP contribution in [0.2, 0.25) is 5.02 Å². The van der Waals surface area contributed by atoms with Gasteiger partial charge in [-0.2, -0.15) is 0 Å². The van der Waals surface area contributed by atoms with Gasteiger partial charge >= 0.3 is 0 Å². The van der Waals surface area contributed by atoms with Crippen molar-refractivity contribution in [2.24, 2.45) is 4.99 Å². The summed E-state index contributed by atoms with van der Waals surface area (Å²) in [6.45, 7) is 1.63. The first-order valence-corrected chi connectivity index (χ1v) is 7.64. The predicted octanol–water partition coefficient (Wildman–Crippen LogP) is 3.81. The molecule has 1 aromatic carbocycles. The highest BCUT2D eigenvalue weighted by Gasteiger charge is 2.27. The first-order chi connectivity index (χ1) is 10.5. The first-order valence-electron chi connectivity index (χ1n) is 6.47. The van der Waals surface area contributed by atoms with Crippen LogP contribution in [0, 0.1) is 5.82 Å². The normalized spacial score (nSPS) is 17.4. The maximum absolute atomic E-state index is 14.2. The molecule has 2 heterocycles. The number of amides is 1. The van der Waals surface area contributed by atoms with Crippen LogP contribution >= 0.6 is 27.5 Å². The molecule has 7 heteroatoms. The van der Waals surface area contributed by atoms with Crippen molar-refractivity contribution in [2.75, 3.05) is 5.32 Å². The molecule has 0 saturated heterocycles. The molecular weight excluding hydrogens is 373 g/mol. The quantitative estimate of drug-likeness (QED) is 0.815. The van der Waals surface area contributed by atoms with Crippen LogP contribution in [0.3, 0.4) is 0 Å². The number of rotatable bonds is 1. The summed E-state index contributed by atoms with van der Waals surface area (Å²) in [4.78, 5) is 20.4. The summed E-state index contributed by atoms with van der Waals surface area (Å²) < 4.78 is 14.8. The number of benzodiazepines with no additional fused rings is 1. The molecule has 1 amide bonds. The summed E-state index contributed by atoms with van der Waals surface area (Å²) in [5.41, 5.74) is 1.25. The fourth-order valence-electron chi connectivity index (χ4n) is 2.18. The number of aliphatic imine (C=N–C) groups is 1. The molecule has 22 heavy (non-hydrogen) atoms. The summed E-state index contributed by atoms with van der Waals surface area (Å²) in [7, 11) is 0. The van der Waals surface area contributed by atoms with Gasteiger partial charge < -0.3 is 5.32 Å². The third-order valence-corrected chi connectivity index (χ3v) is 4.56. The number of anilines is 1. The Balaban J connectivity index is 2.33. The van der Waals surface area contributed by atoms with E-state index in [1.54, 1.807) is 19.1 Å². The van der Waals surface area contributed by atoms with Gasteiger partial charge in [-0.05, 0) is 47.1 Å². The van der Waals surface area contributed by atoms with Crippen LogP contribution in [0.1, 0.15) is 18.2 Å². The smallest absolute Gasteiger partial charge is 0.248 e. The van der Waals surface area contributed by atoms with Crippen molar-refractivity contribution in [3.63, 3.8) is 0 Å². The number of pyridine rings is 1. The highest BCUT2D eigenvalue weighted by Crippen LogP contribution is 2.35. The maximum atomic E-state index is 14.2. The van der Waals surface area contributed by atoms with E-state index in [0.29, 0.717) is 20.7 Å². The van der Waals surface area contributed by atoms with E-state index < -0.39 is 11.9 Å². The highest BCUT2D eigenvalue weighted by atomic mass is 79.9. The number of benzene rings is 1. The third kappa shape index (κ3) is 2.53. The molecule has 1 aliphatic rings. The standard InChI is InChI=1S/C15H10BrClFN3O/c1-7-15(22)21-10-5-4-8(16)12(17)11(10)14(20-7)13-9(18)3-2-6-19-13/h2-7H,1H3,(H,21,22)/t7-/m0/s1. The molecule has 112 valence electrons. The second-order valence-electron chi connectivity index (χ2n) is 4.76. The molecule has 1 aromatic heterocycles. The van der Waals surface area contributed by atoms with Crippen molar-refractivity contribution in [1.82, 2.24) is 4.98 Å². The summed E-state index contributed by atoms with van der Waals surface area (Å²) >= 11 is 9.68. The van der Waals surface area contributed by atoms with Gasteiger partial charge in [-0.15, -0.1) is 0 Å². The zero-order valence-corrected chi connectivity index (χ0v) is 13.7. The van der Waals surface area contributed by atoms with E-state index >= 15 is 0 Å². The minimum Gasteiger partial charge on any atom is -0.324 e. The van der Waals surface area contributed by atoms with Crippen molar-refractivity contribution in [3.05, 3.63) is 57.0 Å². The number of hydrogen-bond acceptors (Lipinski definition) is 3. The van der Waals surface area contributed by atoms with Crippen LogP contribution in [-0.4, -0.2) is 22.6 Å². The Morgan fingerprint density at radius 2 is 2.14 bits per heavy atom. The van der Waals surface area contributed by atoms with Crippen LogP contribution in [-0.2, 0) is 4.79 Å². The number of carbonyl (C=O) groups is 1. The van der Waals surface area contributed by atoms with Crippen LogP contribution in [0.5, 0.6) is 0 Å². The topological polar surface area (TPSA) is 54.4 Å². The number of halogens is 3. The molecule has 1 atom stereocenters. The molecule has 0 fully saturated rings. The molecule has 0 radical (unpaired) electrons. The second-order valence-corrected chi connectivity index (χ2v) is 5.99. The molecule has 4 nitrogen and oxygen atoms in total. The third-order valence-electron chi connectivity index (χ3n) is 3.27. The van der Waals surface area contributed by atoms with E-state index in [4.69, 9.17) is 11.6 Å². The van der Waals surface area contributed by atoms with E-state index in [0.717, 1.165) is 0 Å². The number of aromatic nitrogens is 1. The lowest BCUT2D eigenvalue weighted by atomic mass is 10.0. The second kappa shape index (κ2) is 5.78. The Morgan fingerprint density at radius 3 is 2.86 bits per heavy atom. The van der Waals surface area contributed by atoms with Gasteiger partial charge in [0.15, 0.2) is 5.82 Å². The van der Waals surface area contributed by atoms with E-state index in [1.165, 1.54) is 18.3 Å². The van der Waals surface area contributed by atoms with Gasteiger partial charge in [0, 0.05) is 16.2 Å². The summed E-state index contributed by atoms with van der Waals surface area (Å²) in [5.74, 6) is -0.809. The molecule has 3 rings (SSSR count). The molecule has 0 spiro atoms. The monoisotopic (exact) mass is 381 g/mol. The van der Waals surface area contributed by atoms with Crippen molar-refractivity contribution >= 4 is 44.8 Å². The Morgan fingerprint density at radius 1 is 1.36 bits per heavy atom. The lowest BCUT2D eigenvalue weighted by Gasteiger charge is -2.12. The van der Waals surface area contributed by atoms with Gasteiger partial charge in [0.05, 0.1) is 16.4 Å². The fraction of sp³-hybridized carbons (Fsp3) is 0.133. The number of nitrogens with one attached hydrogen (secondary N) is 1. The van der Waals surface area contributed by atoms with Crippen LogP contribution in [0.25, 0.3) is 0 Å². The number of carbonyl (C=O) groups excluding carboxylic acids is 1. The largest absolute Gasteiger partial charge is 0.324 e. The molecule has 0 aliphatic carbocycles. The minimum atomic E-state index is -0.682. The van der Waals surface area contributed by atoms with E-state index in [2.05, 4.69) is 31.2 Å². The van der Waals surface area contributed by atoms with E-state index in [1.807, 2.05) is 0 Å². The summed E-state index contributed by atoms with van der Waals surface area (Å²) in [6.07, 6.45) is 1.47. The lowest BCUT2D eigenvalue weighted by molar-refractivity contribution is -0.116. The number of fused-ring (bicyclic) bond motifs is 1. The molecule has 1 aliphatic heterocycles. The maximum Gasteiger partial charge on any atom is 0.248 e. The Hall–Kier alpha value is -1.79. The van der Waals surface area contributed by atoms with Crippen LogP contribution < -0.4 is 5.32 Å². The van der Waals surface area contributed by atoms with Crippen molar-refractivity contribution in [3.8, 4) is 0 Å². The average molecular weight is 383 g/mol. The molecular formula is C15H10BrClFN3O. The fourth-order valence-corrected chi connectivity index (χ4v) is 2.76. The minimum absolute atomic E-state index is 0.0621. The summed E-state index contributed by atoms with van der Waals surface area (Å²) in [5, 5.41) is 3.09. The Kier molecular flexibility index (Phi) is 3.97. The zero-order valence-electron chi connectivity index (χ0n) is 11.4. The molecule has 0 unspecified atom stereocenters. The molecule has 0 saturated carbocycles. The molecule has 0 bridgehead atoms. The van der Waals surface area contributed by atoms with Crippen LogP contribution in [0.4, 0.5) is 10.1 Å². The molecule has 2 aromatic rings. The SMILES string of the molecule is C[C@@H]1N=C(c2ncccc2F)c2c(ccc(Br)c2Cl)NC1=O. The first kappa shape index (κ1) is 15.1. The zero-order chi connectivity index (χ0) is 15.9. The Labute approximate surface area is 139 Å². The van der Waals surface area contributed by atoms with Gasteiger partial charge in [-0.3, -0.25) is 14.8 Å². The predicted molar refractivity (Wildman–Crippen MR) is 87.1 cm³/mol. The number of nitrogens with zero attached hydrogens (tertiary/aromatic N) is 2. The molecule has 1 N–H and O–H groups in total. The van der Waals surface area contributed by atoms with E-state index in [9.17, 15) is 9.18 Å². The van der Waals surface area contributed by atoms with Gasteiger partial charge in [0.25, 0.3) is 0 Å². The van der Waals surface area contributed by atoms with E-state index in [-0.39, 0.29) is 17.3 Å². The number of hydrogen-bond donors (Lipinski definition) is 1.